The molecule has 2 aliphatic carbocycles. The van der Waals surface area contributed by atoms with Gasteiger partial charge in [0.2, 0.25) is 0 Å². The fourth-order valence-electron chi connectivity index (χ4n) is 4.82. The van der Waals surface area contributed by atoms with E-state index < -0.39 is 0 Å². The molecule has 1 heterocycles. The van der Waals surface area contributed by atoms with Crippen LogP contribution in [0.5, 0.6) is 0 Å². The van der Waals surface area contributed by atoms with Gasteiger partial charge in [-0.1, -0.05) is 31.2 Å². The van der Waals surface area contributed by atoms with E-state index in [-0.39, 0.29) is 5.60 Å². The Morgan fingerprint density at radius 3 is 2.78 bits per heavy atom. The lowest BCUT2D eigenvalue weighted by Gasteiger charge is -2.52. The van der Waals surface area contributed by atoms with E-state index in [4.69, 9.17) is 4.74 Å². The van der Waals surface area contributed by atoms with Gasteiger partial charge in [-0.05, 0) is 61.5 Å². The number of rotatable bonds is 0. The maximum Gasteiger partial charge on any atom is 0.0871 e. The summed E-state index contributed by atoms with van der Waals surface area (Å²) in [4.78, 5) is 0. The van der Waals surface area contributed by atoms with Gasteiger partial charge in [0.15, 0.2) is 0 Å². The lowest BCUT2D eigenvalue weighted by Crippen LogP contribution is -2.50. The molecule has 2 fully saturated rings. The highest BCUT2D eigenvalue weighted by molar-refractivity contribution is 5.44. The molecule has 0 aromatic heterocycles. The minimum atomic E-state index is 0.0555. The standard InChI is InChI=1S/C17H22O/c1-16(2)11-8-9-17(3)13-7-5-4-6-12(13)15(18-16)14(17)10-11/h4-7,11,14-15H,8-10H2,1-3H3/t11-,14+,15-,17-/m1/s1. The van der Waals surface area contributed by atoms with Crippen LogP contribution >= 0.6 is 0 Å². The van der Waals surface area contributed by atoms with E-state index in [0.717, 1.165) is 5.92 Å². The molecule has 0 spiro atoms. The predicted molar refractivity (Wildman–Crippen MR) is 72.5 cm³/mol. The highest BCUT2D eigenvalue weighted by Gasteiger charge is 2.58. The van der Waals surface area contributed by atoms with Gasteiger partial charge in [-0.3, -0.25) is 0 Å². The third kappa shape index (κ3) is 1.17. The Labute approximate surface area is 110 Å². The quantitative estimate of drug-likeness (QED) is 0.661. The van der Waals surface area contributed by atoms with Crippen molar-refractivity contribution < 1.29 is 4.74 Å². The van der Waals surface area contributed by atoms with Crippen molar-refractivity contribution in [3.63, 3.8) is 0 Å². The van der Waals surface area contributed by atoms with Gasteiger partial charge in [-0.25, -0.2) is 0 Å². The van der Waals surface area contributed by atoms with Gasteiger partial charge < -0.3 is 4.74 Å². The van der Waals surface area contributed by atoms with E-state index in [0.29, 0.717) is 17.4 Å². The van der Waals surface area contributed by atoms with Crippen molar-refractivity contribution in [1.29, 1.82) is 0 Å². The summed E-state index contributed by atoms with van der Waals surface area (Å²) in [6, 6.07) is 8.99. The Morgan fingerprint density at radius 2 is 1.94 bits per heavy atom. The maximum absolute atomic E-state index is 6.52. The Hall–Kier alpha value is -0.820. The molecular weight excluding hydrogens is 220 g/mol. The molecule has 0 unspecified atom stereocenters. The molecule has 1 nitrogen and oxygen atoms in total. The van der Waals surface area contributed by atoms with E-state index in [9.17, 15) is 0 Å². The summed E-state index contributed by atoms with van der Waals surface area (Å²) in [6.45, 7) is 7.04. The van der Waals surface area contributed by atoms with Crippen molar-refractivity contribution in [2.24, 2.45) is 11.8 Å². The van der Waals surface area contributed by atoms with Crippen LogP contribution in [0.15, 0.2) is 24.3 Å². The zero-order valence-electron chi connectivity index (χ0n) is 11.6. The SMILES string of the molecule is CC1(C)O[C@@H]2c3ccccc3[C@@]3(C)CC[C@@H]1C[C@@H]23. The van der Waals surface area contributed by atoms with Crippen LogP contribution in [-0.2, 0) is 10.2 Å². The van der Waals surface area contributed by atoms with Gasteiger partial charge in [0.25, 0.3) is 0 Å². The fourth-order valence-corrected chi connectivity index (χ4v) is 4.82. The van der Waals surface area contributed by atoms with E-state index in [1.54, 1.807) is 5.56 Å². The van der Waals surface area contributed by atoms with Gasteiger partial charge in [0.05, 0.1) is 11.7 Å². The van der Waals surface area contributed by atoms with Crippen LogP contribution in [0.4, 0.5) is 0 Å². The lowest BCUT2D eigenvalue weighted by atomic mass is 9.60. The minimum absolute atomic E-state index is 0.0555. The van der Waals surface area contributed by atoms with Crippen LogP contribution in [0, 0.1) is 11.8 Å². The summed E-state index contributed by atoms with van der Waals surface area (Å²) >= 11 is 0. The number of hydrogen-bond donors (Lipinski definition) is 0. The third-order valence-electron chi connectivity index (χ3n) is 6.03. The normalized spacial score (nSPS) is 43.6. The zero-order valence-corrected chi connectivity index (χ0v) is 11.6. The molecule has 4 atom stereocenters. The Bertz CT molecular complexity index is 504. The Kier molecular flexibility index (Phi) is 1.96. The summed E-state index contributed by atoms with van der Waals surface area (Å²) in [5.74, 6) is 1.46. The van der Waals surface area contributed by atoms with E-state index in [1.165, 1.54) is 24.8 Å². The molecule has 4 rings (SSSR count). The molecule has 1 saturated heterocycles. The summed E-state index contributed by atoms with van der Waals surface area (Å²) in [6.07, 6.45) is 4.35. The van der Waals surface area contributed by atoms with Gasteiger partial charge in [0.1, 0.15) is 0 Å². The smallest absolute Gasteiger partial charge is 0.0871 e. The predicted octanol–water partition coefficient (Wildman–Crippen LogP) is 4.22. The van der Waals surface area contributed by atoms with Crippen LogP contribution in [0.1, 0.15) is 57.3 Å². The summed E-state index contributed by atoms with van der Waals surface area (Å²) in [5.41, 5.74) is 3.46. The monoisotopic (exact) mass is 242 g/mol. The van der Waals surface area contributed by atoms with Gasteiger partial charge in [-0.2, -0.15) is 0 Å². The minimum Gasteiger partial charge on any atom is -0.367 e. The average molecular weight is 242 g/mol. The summed E-state index contributed by atoms with van der Waals surface area (Å²) < 4.78 is 6.52. The van der Waals surface area contributed by atoms with Crippen molar-refractivity contribution in [2.75, 3.05) is 0 Å². The van der Waals surface area contributed by atoms with Gasteiger partial charge in [-0.15, -0.1) is 0 Å². The highest BCUT2D eigenvalue weighted by atomic mass is 16.5. The molecule has 2 bridgehead atoms. The fraction of sp³-hybridized carbons (Fsp3) is 0.647. The molecule has 18 heavy (non-hydrogen) atoms. The second-order valence-electron chi connectivity index (χ2n) is 7.22. The molecule has 0 amide bonds. The van der Waals surface area contributed by atoms with E-state index >= 15 is 0 Å². The molecule has 1 aromatic carbocycles. The molecule has 1 aromatic rings. The van der Waals surface area contributed by atoms with Crippen molar-refractivity contribution in [2.45, 2.75) is 57.2 Å². The van der Waals surface area contributed by atoms with Crippen LogP contribution in [-0.4, -0.2) is 5.60 Å². The third-order valence-corrected chi connectivity index (χ3v) is 6.03. The van der Waals surface area contributed by atoms with Crippen molar-refractivity contribution in [3.05, 3.63) is 35.4 Å². The first kappa shape index (κ1) is 11.0. The van der Waals surface area contributed by atoms with Crippen LogP contribution < -0.4 is 0 Å². The molecule has 1 saturated carbocycles. The molecular formula is C17H22O. The second-order valence-corrected chi connectivity index (χ2v) is 7.22. The van der Waals surface area contributed by atoms with Crippen LogP contribution in [0.3, 0.4) is 0 Å². The topological polar surface area (TPSA) is 9.23 Å². The molecule has 0 radical (unpaired) electrons. The first-order chi connectivity index (χ1) is 8.52. The lowest BCUT2D eigenvalue weighted by molar-refractivity contribution is -0.192. The van der Waals surface area contributed by atoms with Gasteiger partial charge in [0, 0.05) is 0 Å². The largest absolute Gasteiger partial charge is 0.367 e. The number of fused-ring (bicyclic) bond motifs is 4. The van der Waals surface area contributed by atoms with Gasteiger partial charge >= 0.3 is 0 Å². The molecule has 96 valence electrons. The molecule has 1 heteroatoms. The van der Waals surface area contributed by atoms with Crippen molar-refractivity contribution >= 4 is 0 Å². The van der Waals surface area contributed by atoms with Crippen molar-refractivity contribution in [3.8, 4) is 0 Å². The Balaban J connectivity index is 1.91. The van der Waals surface area contributed by atoms with Crippen LogP contribution in [0.2, 0.25) is 0 Å². The number of ether oxygens (including phenoxy) is 1. The second kappa shape index (κ2) is 3.19. The number of hydrogen-bond acceptors (Lipinski definition) is 1. The van der Waals surface area contributed by atoms with Crippen LogP contribution in [0.25, 0.3) is 0 Å². The molecule has 1 aliphatic heterocycles. The Morgan fingerprint density at radius 1 is 1.17 bits per heavy atom. The van der Waals surface area contributed by atoms with Crippen molar-refractivity contribution in [1.82, 2.24) is 0 Å². The molecule has 3 aliphatic rings. The average Bonchev–Trinajstić information content (AvgIpc) is 2.61. The molecule has 0 N–H and O–H groups in total. The zero-order chi connectivity index (χ0) is 12.5. The summed E-state index contributed by atoms with van der Waals surface area (Å²) in [7, 11) is 0. The maximum atomic E-state index is 6.52. The highest BCUT2D eigenvalue weighted by Crippen LogP contribution is 2.63. The first-order valence-electron chi connectivity index (χ1n) is 7.29. The van der Waals surface area contributed by atoms with E-state index in [2.05, 4.69) is 45.0 Å². The van der Waals surface area contributed by atoms with E-state index in [1.807, 2.05) is 0 Å². The summed E-state index contributed by atoms with van der Waals surface area (Å²) in [5, 5.41) is 0. The first-order valence-corrected chi connectivity index (χ1v) is 7.29. The number of benzene rings is 1.